The van der Waals surface area contributed by atoms with E-state index < -0.39 is 11.7 Å². The van der Waals surface area contributed by atoms with Gasteiger partial charge in [0.25, 0.3) is 5.91 Å². The summed E-state index contributed by atoms with van der Waals surface area (Å²) in [6.07, 6.45) is 0.974. The summed E-state index contributed by atoms with van der Waals surface area (Å²) >= 11 is 1.60. The molecule has 0 fully saturated rings. The van der Waals surface area contributed by atoms with E-state index in [1.54, 1.807) is 23.9 Å². The first-order valence-electron chi connectivity index (χ1n) is 11.1. The van der Waals surface area contributed by atoms with Crippen LogP contribution in [0.5, 0.6) is 0 Å². The lowest BCUT2D eigenvalue weighted by molar-refractivity contribution is 0.0952. The van der Waals surface area contributed by atoms with E-state index in [0.717, 1.165) is 40.6 Å². The Morgan fingerprint density at radius 3 is 2.24 bits per heavy atom. The molecule has 0 saturated carbocycles. The van der Waals surface area contributed by atoms with Crippen molar-refractivity contribution in [2.75, 3.05) is 12.3 Å². The molecule has 0 unspecified atom stereocenters. The Hall–Kier alpha value is -3.38. The van der Waals surface area contributed by atoms with Crippen LogP contribution in [0.4, 0.5) is 4.39 Å². The van der Waals surface area contributed by atoms with Crippen molar-refractivity contribution in [1.29, 1.82) is 0 Å². The van der Waals surface area contributed by atoms with Gasteiger partial charge in [0.05, 0.1) is 17.0 Å². The van der Waals surface area contributed by atoms with E-state index in [9.17, 15) is 9.18 Å². The largest absolute Gasteiger partial charge is 0.351 e. The highest BCUT2D eigenvalue weighted by Crippen LogP contribution is 2.36. The lowest BCUT2D eigenvalue weighted by atomic mass is 10.0. The standard InChI is InChI=1S/C27H26FN3OS/c1-2-18-31-25(21-13-7-4-8-14-21)24(20-11-5-3-6-12-20)30-27(31)33-19-17-29-26(32)22-15-9-10-16-23(22)28/h3-16H,2,17-19H2,1H3,(H,29,32). The topological polar surface area (TPSA) is 46.9 Å². The number of benzene rings is 3. The van der Waals surface area contributed by atoms with Gasteiger partial charge in [-0.05, 0) is 18.6 Å². The van der Waals surface area contributed by atoms with E-state index in [2.05, 4.69) is 41.1 Å². The molecule has 33 heavy (non-hydrogen) atoms. The van der Waals surface area contributed by atoms with Gasteiger partial charge in [-0.3, -0.25) is 4.79 Å². The van der Waals surface area contributed by atoms with Gasteiger partial charge in [-0.15, -0.1) is 0 Å². The first-order valence-corrected chi connectivity index (χ1v) is 12.0. The molecule has 0 saturated heterocycles. The molecule has 0 aliphatic rings. The number of carbonyl (C=O) groups is 1. The number of nitrogens with zero attached hydrogens (tertiary/aromatic N) is 2. The number of thioether (sulfide) groups is 1. The zero-order chi connectivity index (χ0) is 23.0. The molecule has 0 radical (unpaired) electrons. The second-order valence-electron chi connectivity index (χ2n) is 7.56. The molecule has 0 spiro atoms. The molecule has 4 aromatic rings. The Bertz CT molecular complexity index is 1210. The zero-order valence-corrected chi connectivity index (χ0v) is 19.3. The summed E-state index contributed by atoms with van der Waals surface area (Å²) in [5.74, 6) is -0.287. The second-order valence-corrected chi connectivity index (χ2v) is 8.62. The summed E-state index contributed by atoms with van der Waals surface area (Å²) in [4.78, 5) is 17.3. The number of imidazole rings is 1. The van der Waals surface area contributed by atoms with Crippen LogP contribution in [0.25, 0.3) is 22.5 Å². The van der Waals surface area contributed by atoms with Gasteiger partial charge >= 0.3 is 0 Å². The molecule has 168 valence electrons. The van der Waals surface area contributed by atoms with Crippen LogP contribution >= 0.6 is 11.8 Å². The van der Waals surface area contributed by atoms with Crippen LogP contribution in [0, 0.1) is 5.82 Å². The van der Waals surface area contributed by atoms with Crippen molar-refractivity contribution in [1.82, 2.24) is 14.9 Å². The Morgan fingerprint density at radius 2 is 1.58 bits per heavy atom. The molecule has 6 heteroatoms. The first kappa shape index (κ1) is 22.8. The van der Waals surface area contributed by atoms with Gasteiger partial charge in [-0.1, -0.05) is 91.5 Å². The molecule has 1 N–H and O–H groups in total. The third-order valence-corrected chi connectivity index (χ3v) is 6.19. The predicted molar refractivity (Wildman–Crippen MR) is 133 cm³/mol. The van der Waals surface area contributed by atoms with Gasteiger partial charge in [0.15, 0.2) is 5.16 Å². The fourth-order valence-corrected chi connectivity index (χ4v) is 4.59. The first-order chi connectivity index (χ1) is 16.2. The van der Waals surface area contributed by atoms with Crippen molar-refractivity contribution in [2.24, 2.45) is 0 Å². The molecule has 1 amide bonds. The molecule has 1 heterocycles. The summed E-state index contributed by atoms with van der Waals surface area (Å²) in [5.41, 5.74) is 4.31. The summed E-state index contributed by atoms with van der Waals surface area (Å²) in [6, 6.07) is 26.5. The molecular formula is C27H26FN3OS. The van der Waals surface area contributed by atoms with Gasteiger partial charge in [-0.2, -0.15) is 0 Å². The Kier molecular flexibility index (Phi) is 7.58. The summed E-state index contributed by atoms with van der Waals surface area (Å²) < 4.78 is 16.1. The Labute approximate surface area is 197 Å². The number of carbonyl (C=O) groups excluding carboxylic acids is 1. The Balaban J connectivity index is 1.57. The molecule has 0 bridgehead atoms. The monoisotopic (exact) mass is 459 g/mol. The van der Waals surface area contributed by atoms with Gasteiger partial charge in [0.2, 0.25) is 0 Å². The van der Waals surface area contributed by atoms with Gasteiger partial charge < -0.3 is 9.88 Å². The summed E-state index contributed by atoms with van der Waals surface area (Å²) in [7, 11) is 0. The fraction of sp³-hybridized carbons (Fsp3) is 0.185. The predicted octanol–water partition coefficient (Wildman–Crippen LogP) is 6.29. The van der Waals surface area contributed by atoms with E-state index in [4.69, 9.17) is 4.98 Å². The van der Waals surface area contributed by atoms with Gasteiger partial charge in [-0.25, -0.2) is 9.37 Å². The lowest BCUT2D eigenvalue weighted by Crippen LogP contribution is -2.26. The zero-order valence-electron chi connectivity index (χ0n) is 18.5. The van der Waals surface area contributed by atoms with Crippen LogP contribution in [0.3, 0.4) is 0 Å². The van der Waals surface area contributed by atoms with Gasteiger partial charge in [0, 0.05) is 30.0 Å². The van der Waals surface area contributed by atoms with Crippen LogP contribution in [0.15, 0.2) is 90.1 Å². The smallest absolute Gasteiger partial charge is 0.254 e. The SMILES string of the molecule is CCCn1c(SCCNC(=O)c2ccccc2F)nc(-c2ccccc2)c1-c1ccccc1. The van der Waals surface area contributed by atoms with Crippen molar-refractivity contribution < 1.29 is 9.18 Å². The number of rotatable bonds is 9. The number of halogens is 1. The quantitative estimate of drug-likeness (QED) is 0.236. The average Bonchev–Trinajstić information content (AvgIpc) is 3.21. The maximum atomic E-state index is 13.8. The Morgan fingerprint density at radius 1 is 0.939 bits per heavy atom. The van der Waals surface area contributed by atoms with Crippen LogP contribution in [-0.2, 0) is 6.54 Å². The highest BCUT2D eigenvalue weighted by Gasteiger charge is 2.20. The third kappa shape index (κ3) is 5.34. The number of aromatic nitrogens is 2. The molecule has 3 aromatic carbocycles. The van der Waals surface area contributed by atoms with E-state index >= 15 is 0 Å². The van der Waals surface area contributed by atoms with Crippen molar-refractivity contribution >= 4 is 17.7 Å². The minimum Gasteiger partial charge on any atom is -0.351 e. The maximum Gasteiger partial charge on any atom is 0.254 e. The minimum absolute atomic E-state index is 0.0627. The van der Waals surface area contributed by atoms with Crippen LogP contribution in [-0.4, -0.2) is 27.8 Å². The highest BCUT2D eigenvalue weighted by molar-refractivity contribution is 7.99. The number of amides is 1. The highest BCUT2D eigenvalue weighted by atomic mass is 32.2. The summed E-state index contributed by atoms with van der Waals surface area (Å²) in [5, 5.41) is 3.72. The van der Waals surface area contributed by atoms with Crippen molar-refractivity contribution in [2.45, 2.75) is 25.0 Å². The molecule has 1 aromatic heterocycles. The number of hydrogen-bond acceptors (Lipinski definition) is 3. The van der Waals surface area contributed by atoms with E-state index in [1.165, 1.54) is 12.1 Å². The molecule has 4 rings (SSSR count). The lowest BCUT2D eigenvalue weighted by Gasteiger charge is -2.12. The number of hydrogen-bond donors (Lipinski definition) is 1. The van der Waals surface area contributed by atoms with Crippen LogP contribution < -0.4 is 5.32 Å². The molecule has 0 aliphatic heterocycles. The second kappa shape index (κ2) is 11.0. The average molecular weight is 460 g/mol. The van der Waals surface area contributed by atoms with E-state index in [1.807, 2.05) is 36.4 Å². The minimum atomic E-state index is -0.513. The normalized spacial score (nSPS) is 10.8. The number of nitrogens with one attached hydrogen (secondary N) is 1. The molecule has 4 nitrogen and oxygen atoms in total. The van der Waals surface area contributed by atoms with Crippen molar-refractivity contribution in [3.05, 3.63) is 96.3 Å². The van der Waals surface area contributed by atoms with Crippen molar-refractivity contribution in [3.8, 4) is 22.5 Å². The van der Waals surface area contributed by atoms with Crippen LogP contribution in [0.2, 0.25) is 0 Å². The van der Waals surface area contributed by atoms with Crippen molar-refractivity contribution in [3.63, 3.8) is 0 Å². The van der Waals surface area contributed by atoms with E-state index in [-0.39, 0.29) is 5.56 Å². The molecule has 0 atom stereocenters. The third-order valence-electron chi connectivity index (χ3n) is 5.21. The van der Waals surface area contributed by atoms with Gasteiger partial charge in [0.1, 0.15) is 5.82 Å². The fourth-order valence-electron chi connectivity index (χ4n) is 3.71. The van der Waals surface area contributed by atoms with Crippen LogP contribution in [0.1, 0.15) is 23.7 Å². The summed E-state index contributed by atoms with van der Waals surface area (Å²) in [6.45, 7) is 3.41. The molecule has 0 aliphatic carbocycles. The van der Waals surface area contributed by atoms with E-state index in [0.29, 0.717) is 12.3 Å². The molecular weight excluding hydrogens is 433 g/mol. The maximum absolute atomic E-state index is 13.8.